The molecule has 0 saturated heterocycles. The SMILES string of the molecule is Cc1ccccc1NC(=O)CCCC(=O)O. The number of hydrogen-bond donors (Lipinski definition) is 2. The quantitative estimate of drug-likeness (QED) is 0.800. The fourth-order valence-corrected chi connectivity index (χ4v) is 1.33. The summed E-state index contributed by atoms with van der Waals surface area (Å²) in [6.45, 7) is 1.91. The molecule has 0 aliphatic carbocycles. The maximum Gasteiger partial charge on any atom is 0.303 e. The second-order valence-electron chi connectivity index (χ2n) is 3.61. The Kier molecular flexibility index (Phi) is 4.51. The second-order valence-corrected chi connectivity index (χ2v) is 3.61. The van der Waals surface area contributed by atoms with Gasteiger partial charge in [-0.2, -0.15) is 0 Å². The van der Waals surface area contributed by atoms with Gasteiger partial charge in [-0.1, -0.05) is 18.2 Å². The second kappa shape index (κ2) is 5.90. The maximum absolute atomic E-state index is 11.4. The molecule has 0 fully saturated rings. The van der Waals surface area contributed by atoms with E-state index in [0.717, 1.165) is 11.3 Å². The summed E-state index contributed by atoms with van der Waals surface area (Å²) in [4.78, 5) is 21.7. The zero-order valence-corrected chi connectivity index (χ0v) is 9.19. The van der Waals surface area contributed by atoms with Crippen LogP contribution in [0.4, 0.5) is 5.69 Å². The molecule has 0 atom stereocenters. The molecule has 0 unspecified atom stereocenters. The number of aliphatic carboxylic acids is 1. The Morgan fingerprint density at radius 3 is 2.56 bits per heavy atom. The van der Waals surface area contributed by atoms with Crippen LogP contribution in [-0.4, -0.2) is 17.0 Å². The third kappa shape index (κ3) is 4.13. The molecular weight excluding hydrogens is 206 g/mol. The van der Waals surface area contributed by atoms with Gasteiger partial charge >= 0.3 is 5.97 Å². The summed E-state index contributed by atoms with van der Waals surface area (Å²) >= 11 is 0. The minimum Gasteiger partial charge on any atom is -0.481 e. The van der Waals surface area contributed by atoms with Crippen LogP contribution < -0.4 is 5.32 Å². The third-order valence-corrected chi connectivity index (χ3v) is 2.21. The highest BCUT2D eigenvalue weighted by molar-refractivity contribution is 5.91. The van der Waals surface area contributed by atoms with Gasteiger partial charge in [0, 0.05) is 18.5 Å². The third-order valence-electron chi connectivity index (χ3n) is 2.21. The molecule has 86 valence electrons. The molecule has 0 aromatic heterocycles. The number of aryl methyl sites for hydroxylation is 1. The monoisotopic (exact) mass is 221 g/mol. The first-order valence-electron chi connectivity index (χ1n) is 5.17. The average Bonchev–Trinajstić information content (AvgIpc) is 2.21. The lowest BCUT2D eigenvalue weighted by atomic mass is 10.2. The molecule has 4 heteroatoms. The van der Waals surface area contributed by atoms with Gasteiger partial charge in [0.2, 0.25) is 5.91 Å². The summed E-state index contributed by atoms with van der Waals surface area (Å²) in [7, 11) is 0. The summed E-state index contributed by atoms with van der Waals surface area (Å²) < 4.78 is 0. The summed E-state index contributed by atoms with van der Waals surface area (Å²) in [5.41, 5.74) is 1.77. The Morgan fingerprint density at radius 2 is 1.94 bits per heavy atom. The minimum atomic E-state index is -0.872. The van der Waals surface area contributed by atoms with Gasteiger partial charge in [0.25, 0.3) is 0 Å². The molecule has 2 N–H and O–H groups in total. The molecule has 1 amide bonds. The lowest BCUT2D eigenvalue weighted by Gasteiger charge is -2.07. The van der Waals surface area contributed by atoms with Gasteiger partial charge < -0.3 is 10.4 Å². The summed E-state index contributed by atoms with van der Waals surface area (Å²) in [6, 6.07) is 7.48. The van der Waals surface area contributed by atoms with Crippen molar-refractivity contribution in [1.29, 1.82) is 0 Å². The molecule has 1 aromatic carbocycles. The van der Waals surface area contributed by atoms with Crippen molar-refractivity contribution in [2.75, 3.05) is 5.32 Å². The number of carbonyl (C=O) groups is 2. The van der Waals surface area contributed by atoms with E-state index in [0.29, 0.717) is 6.42 Å². The van der Waals surface area contributed by atoms with Crippen LogP contribution >= 0.6 is 0 Å². The van der Waals surface area contributed by atoms with Crippen LogP contribution in [0.2, 0.25) is 0 Å². The molecule has 0 radical (unpaired) electrons. The van der Waals surface area contributed by atoms with E-state index in [1.165, 1.54) is 0 Å². The molecule has 0 spiro atoms. The van der Waals surface area contributed by atoms with E-state index < -0.39 is 5.97 Å². The fraction of sp³-hybridized carbons (Fsp3) is 0.333. The Morgan fingerprint density at radius 1 is 1.25 bits per heavy atom. The van der Waals surface area contributed by atoms with Crippen molar-refractivity contribution in [2.24, 2.45) is 0 Å². The Hall–Kier alpha value is -1.84. The van der Waals surface area contributed by atoms with Crippen molar-refractivity contribution in [2.45, 2.75) is 26.2 Å². The molecule has 0 heterocycles. The zero-order chi connectivity index (χ0) is 12.0. The van der Waals surface area contributed by atoms with Gasteiger partial charge in [-0.05, 0) is 25.0 Å². The predicted octanol–water partition coefficient (Wildman–Crippen LogP) is 2.19. The number of carbonyl (C=O) groups excluding carboxylic acids is 1. The van der Waals surface area contributed by atoms with Gasteiger partial charge in [-0.15, -0.1) is 0 Å². The lowest BCUT2D eigenvalue weighted by molar-refractivity contribution is -0.137. The largest absolute Gasteiger partial charge is 0.481 e. The summed E-state index contributed by atoms with van der Waals surface area (Å²) in [5.74, 6) is -1.01. The first-order valence-corrected chi connectivity index (χ1v) is 5.17. The molecule has 16 heavy (non-hydrogen) atoms. The van der Waals surface area contributed by atoms with Crippen molar-refractivity contribution in [1.82, 2.24) is 0 Å². The fourth-order valence-electron chi connectivity index (χ4n) is 1.33. The van der Waals surface area contributed by atoms with Crippen LogP contribution in [0.1, 0.15) is 24.8 Å². The lowest BCUT2D eigenvalue weighted by Crippen LogP contribution is -2.12. The standard InChI is InChI=1S/C12H15NO3/c1-9-5-2-3-6-10(9)13-11(14)7-4-8-12(15)16/h2-3,5-6H,4,7-8H2,1H3,(H,13,14)(H,15,16). The Bertz CT molecular complexity index is 388. The van der Waals surface area contributed by atoms with Crippen LogP contribution in [0.25, 0.3) is 0 Å². The number of carboxylic acids is 1. The molecule has 0 bridgehead atoms. The number of amides is 1. The maximum atomic E-state index is 11.4. The molecule has 1 aromatic rings. The van der Waals surface area contributed by atoms with E-state index in [1.807, 2.05) is 31.2 Å². The number of para-hydroxylation sites is 1. The van der Waals surface area contributed by atoms with Gasteiger partial charge in [-0.3, -0.25) is 9.59 Å². The number of anilines is 1. The van der Waals surface area contributed by atoms with E-state index >= 15 is 0 Å². The van der Waals surface area contributed by atoms with Crippen molar-refractivity contribution >= 4 is 17.6 Å². The van der Waals surface area contributed by atoms with E-state index in [2.05, 4.69) is 5.32 Å². The topological polar surface area (TPSA) is 66.4 Å². The highest BCUT2D eigenvalue weighted by atomic mass is 16.4. The number of benzene rings is 1. The van der Waals surface area contributed by atoms with Gasteiger partial charge in [-0.25, -0.2) is 0 Å². The van der Waals surface area contributed by atoms with Crippen molar-refractivity contribution in [3.8, 4) is 0 Å². The van der Waals surface area contributed by atoms with Crippen molar-refractivity contribution in [3.63, 3.8) is 0 Å². The van der Waals surface area contributed by atoms with E-state index in [4.69, 9.17) is 5.11 Å². The Labute approximate surface area is 94.3 Å². The number of carboxylic acid groups (broad SMARTS) is 1. The van der Waals surface area contributed by atoms with Crippen LogP contribution in [0.5, 0.6) is 0 Å². The average molecular weight is 221 g/mol. The first kappa shape index (κ1) is 12.2. The summed E-state index contributed by atoms with van der Waals surface area (Å²) in [5, 5.41) is 11.2. The van der Waals surface area contributed by atoms with Crippen molar-refractivity contribution in [3.05, 3.63) is 29.8 Å². The first-order chi connectivity index (χ1) is 7.59. The van der Waals surface area contributed by atoms with Crippen LogP contribution in [-0.2, 0) is 9.59 Å². The Balaban J connectivity index is 2.40. The highest BCUT2D eigenvalue weighted by Crippen LogP contribution is 2.13. The highest BCUT2D eigenvalue weighted by Gasteiger charge is 2.05. The van der Waals surface area contributed by atoms with E-state index in [-0.39, 0.29) is 18.7 Å². The van der Waals surface area contributed by atoms with Crippen LogP contribution in [0, 0.1) is 6.92 Å². The number of nitrogens with one attached hydrogen (secondary N) is 1. The summed E-state index contributed by atoms with van der Waals surface area (Å²) in [6.07, 6.45) is 0.634. The number of rotatable bonds is 5. The molecule has 0 aliphatic heterocycles. The number of hydrogen-bond acceptors (Lipinski definition) is 2. The van der Waals surface area contributed by atoms with Crippen LogP contribution in [0.15, 0.2) is 24.3 Å². The zero-order valence-electron chi connectivity index (χ0n) is 9.19. The molecule has 1 rings (SSSR count). The van der Waals surface area contributed by atoms with Gasteiger partial charge in [0.1, 0.15) is 0 Å². The van der Waals surface area contributed by atoms with E-state index in [1.54, 1.807) is 0 Å². The molecule has 4 nitrogen and oxygen atoms in total. The van der Waals surface area contributed by atoms with E-state index in [9.17, 15) is 9.59 Å². The molecular formula is C12H15NO3. The smallest absolute Gasteiger partial charge is 0.303 e. The normalized spacial score (nSPS) is 9.81. The minimum absolute atomic E-state index is 0.0290. The van der Waals surface area contributed by atoms with Crippen molar-refractivity contribution < 1.29 is 14.7 Å². The predicted molar refractivity (Wildman–Crippen MR) is 61.3 cm³/mol. The van der Waals surface area contributed by atoms with Gasteiger partial charge in [0.05, 0.1) is 0 Å². The van der Waals surface area contributed by atoms with Crippen LogP contribution in [0.3, 0.4) is 0 Å². The molecule has 0 aliphatic rings. The van der Waals surface area contributed by atoms with Gasteiger partial charge in [0.15, 0.2) is 0 Å². The molecule has 0 saturated carbocycles.